The number of benzene rings is 1. The van der Waals surface area contributed by atoms with Crippen molar-refractivity contribution in [2.75, 3.05) is 11.4 Å². The lowest BCUT2D eigenvalue weighted by Gasteiger charge is -2.30. The van der Waals surface area contributed by atoms with Crippen LogP contribution < -0.4 is 10.2 Å². The quantitative estimate of drug-likeness (QED) is 0.584. The minimum Gasteiger partial charge on any atom is -0.344 e. The predicted octanol–water partition coefficient (Wildman–Crippen LogP) is 4.64. The van der Waals surface area contributed by atoms with Gasteiger partial charge in [-0.05, 0) is 51.2 Å². The number of nitrogens with one attached hydrogen (secondary N) is 1. The van der Waals surface area contributed by atoms with Crippen LogP contribution >= 0.6 is 0 Å². The van der Waals surface area contributed by atoms with Gasteiger partial charge in [0, 0.05) is 12.6 Å². The van der Waals surface area contributed by atoms with Gasteiger partial charge in [-0.1, -0.05) is 31.4 Å². The third-order valence-corrected chi connectivity index (χ3v) is 9.39. The molecule has 3 fully saturated rings. The van der Waals surface area contributed by atoms with Crippen molar-refractivity contribution in [1.82, 2.24) is 15.1 Å². The minimum absolute atomic E-state index is 0.112. The Balaban J connectivity index is 1.49. The summed E-state index contributed by atoms with van der Waals surface area (Å²) in [6, 6.07) is 8.38. The van der Waals surface area contributed by atoms with Gasteiger partial charge in [-0.2, -0.15) is 23.5 Å². The molecule has 2 heterocycles. The molecule has 3 aliphatic rings. The Kier molecular flexibility index (Phi) is 6.81. The van der Waals surface area contributed by atoms with Crippen LogP contribution in [0.5, 0.6) is 0 Å². The molecule has 0 spiro atoms. The van der Waals surface area contributed by atoms with Crippen LogP contribution in [-0.2, 0) is 21.8 Å². The van der Waals surface area contributed by atoms with Crippen molar-refractivity contribution in [3.8, 4) is 6.07 Å². The smallest absolute Gasteiger partial charge is 0.344 e. The Bertz CT molecular complexity index is 1240. The molecule has 1 saturated heterocycles. The van der Waals surface area contributed by atoms with Gasteiger partial charge in [-0.25, -0.2) is 4.68 Å². The molecule has 1 amide bonds. The summed E-state index contributed by atoms with van der Waals surface area (Å²) in [5, 5.41) is 16.4. The lowest BCUT2D eigenvalue weighted by atomic mass is 9.96. The van der Waals surface area contributed by atoms with E-state index in [4.69, 9.17) is 5.10 Å². The summed E-state index contributed by atoms with van der Waals surface area (Å²) >= 11 is 0. The third kappa shape index (κ3) is 5.13. The van der Waals surface area contributed by atoms with E-state index in [0.717, 1.165) is 49.7 Å². The highest BCUT2D eigenvalue weighted by Gasteiger charge is 2.49. The van der Waals surface area contributed by atoms with Gasteiger partial charge in [0.15, 0.2) is 0 Å². The average molecular weight is 534 g/mol. The topological polar surface area (TPSA) is 91.0 Å². The second kappa shape index (κ2) is 9.78. The zero-order valence-electron chi connectivity index (χ0n) is 20.6. The predicted molar refractivity (Wildman–Crippen MR) is 132 cm³/mol. The second-order valence-corrected chi connectivity index (χ2v) is 12.1. The van der Waals surface area contributed by atoms with Crippen LogP contribution in [0.1, 0.15) is 68.7 Å². The summed E-state index contributed by atoms with van der Waals surface area (Å²) in [5.41, 5.74) is -1.03. The van der Waals surface area contributed by atoms with Crippen LogP contribution in [0.4, 0.5) is 19.0 Å². The highest BCUT2D eigenvalue weighted by atomic mass is 32.2. The van der Waals surface area contributed by atoms with Crippen LogP contribution in [0.2, 0.25) is 0 Å². The maximum absolute atomic E-state index is 13.7. The van der Waals surface area contributed by atoms with Crippen LogP contribution in [0.25, 0.3) is 0 Å². The van der Waals surface area contributed by atoms with E-state index < -0.39 is 39.4 Å². The maximum atomic E-state index is 13.7. The average Bonchev–Trinajstić information content (AvgIpc) is 3.33. The number of rotatable bonds is 6. The minimum atomic E-state index is -4.64. The number of aryl methyl sites for hydroxylation is 1. The number of anilines is 1. The number of carbonyl (C=O) groups excluding carboxylic acids is 1. The molecule has 1 unspecified atom stereocenters. The zero-order valence-corrected chi connectivity index (χ0v) is 21.4. The van der Waals surface area contributed by atoms with Crippen molar-refractivity contribution in [1.29, 1.82) is 5.26 Å². The number of halogens is 3. The molecule has 0 radical (unpaired) electrons. The van der Waals surface area contributed by atoms with Crippen molar-refractivity contribution in [3.05, 3.63) is 41.6 Å². The molecule has 1 aliphatic heterocycles. The van der Waals surface area contributed by atoms with Crippen molar-refractivity contribution >= 4 is 22.5 Å². The molecule has 0 bridgehead atoms. The highest BCUT2D eigenvalue weighted by Crippen LogP contribution is 2.40. The molecule has 2 aliphatic carbocycles. The van der Waals surface area contributed by atoms with E-state index >= 15 is 0 Å². The molecule has 37 heavy (non-hydrogen) atoms. The van der Waals surface area contributed by atoms with E-state index in [0.29, 0.717) is 12.8 Å². The van der Waals surface area contributed by atoms with Crippen molar-refractivity contribution in [3.63, 3.8) is 0 Å². The van der Waals surface area contributed by atoms with Crippen molar-refractivity contribution < 1.29 is 22.2 Å². The summed E-state index contributed by atoms with van der Waals surface area (Å²) in [4.78, 5) is 15.0. The summed E-state index contributed by atoms with van der Waals surface area (Å²) < 4.78 is 56.6. The Labute approximate surface area is 216 Å². The molecule has 1 N–H and O–H groups in total. The van der Waals surface area contributed by atoms with Gasteiger partial charge >= 0.3 is 6.18 Å². The van der Waals surface area contributed by atoms with Gasteiger partial charge in [0.05, 0.1) is 44.3 Å². The number of hydrogen-bond donors (Lipinski definition) is 1. The largest absolute Gasteiger partial charge is 0.417 e. The van der Waals surface area contributed by atoms with Crippen LogP contribution in [0, 0.1) is 18.3 Å². The van der Waals surface area contributed by atoms with Gasteiger partial charge in [0.2, 0.25) is 5.91 Å². The van der Waals surface area contributed by atoms with E-state index in [2.05, 4.69) is 11.4 Å². The molecular formula is C26H30F3N5O2S. The number of nitrogens with zero attached hydrogens (tertiary/aromatic N) is 4. The molecule has 2 saturated carbocycles. The van der Waals surface area contributed by atoms with E-state index in [1.165, 1.54) is 18.2 Å². The number of aromatic nitrogens is 2. The second-order valence-electron chi connectivity index (χ2n) is 10.4. The van der Waals surface area contributed by atoms with Gasteiger partial charge < -0.3 is 10.2 Å². The molecule has 198 valence electrons. The Morgan fingerprint density at radius 3 is 2.57 bits per heavy atom. The molecule has 3 atom stereocenters. The van der Waals surface area contributed by atoms with Gasteiger partial charge in [-0.3, -0.25) is 9.00 Å². The molecule has 7 nitrogen and oxygen atoms in total. The van der Waals surface area contributed by atoms with Gasteiger partial charge in [-0.15, -0.1) is 0 Å². The molecule has 1 aromatic carbocycles. The number of hydrogen-bond acceptors (Lipinski definition) is 5. The molecular weight excluding hydrogens is 503 g/mol. The molecule has 11 heteroatoms. The zero-order chi connectivity index (χ0) is 26.4. The fourth-order valence-corrected chi connectivity index (χ4v) is 7.16. The van der Waals surface area contributed by atoms with Crippen LogP contribution in [0.3, 0.4) is 0 Å². The normalized spacial score (nSPS) is 24.5. The molecule has 2 aromatic rings. The summed E-state index contributed by atoms with van der Waals surface area (Å²) in [6.45, 7) is 2.02. The SMILES string of the molecule is Cc1cc(N2C[C@H](S(=O)c3ccccc3C(F)(F)F)C[C@H]2C(=O)NC2(C#N)CC2)n(C2CCCCC2)n1. The first-order chi connectivity index (χ1) is 17.6. The van der Waals surface area contributed by atoms with Crippen molar-refractivity contribution in [2.45, 2.75) is 92.2 Å². The van der Waals surface area contributed by atoms with E-state index in [9.17, 15) is 27.4 Å². The number of nitriles is 1. The fourth-order valence-electron chi connectivity index (χ4n) is 5.53. The van der Waals surface area contributed by atoms with Crippen molar-refractivity contribution in [2.24, 2.45) is 0 Å². The van der Waals surface area contributed by atoms with Crippen LogP contribution in [-0.4, -0.2) is 43.3 Å². The number of carbonyl (C=O) groups is 1. The lowest BCUT2D eigenvalue weighted by molar-refractivity contribution is -0.139. The van der Waals surface area contributed by atoms with E-state index in [-0.39, 0.29) is 29.8 Å². The van der Waals surface area contributed by atoms with E-state index in [1.807, 2.05) is 22.6 Å². The Hall–Kier alpha value is -2.87. The van der Waals surface area contributed by atoms with E-state index in [1.54, 1.807) is 0 Å². The monoisotopic (exact) mass is 533 g/mol. The Morgan fingerprint density at radius 2 is 1.92 bits per heavy atom. The van der Waals surface area contributed by atoms with Crippen LogP contribution in [0.15, 0.2) is 35.2 Å². The summed E-state index contributed by atoms with van der Waals surface area (Å²) in [5.74, 6) is 0.353. The molecule has 1 aromatic heterocycles. The maximum Gasteiger partial charge on any atom is 0.417 e. The van der Waals surface area contributed by atoms with Gasteiger partial charge in [0.1, 0.15) is 17.4 Å². The standard InChI is InChI=1S/C26H30F3N5O2S/c1-17-13-23(34(32-17)18-7-3-2-4-8-18)33-15-19(14-21(33)24(35)31-25(16-30)11-12-25)37(36)22-10-6-5-9-20(22)26(27,28)29/h5-6,9-10,13,18-19,21H,2-4,7-8,11-12,14-15H2,1H3,(H,31,35)/t19-,21+,37?/m1/s1. The lowest BCUT2D eigenvalue weighted by Crippen LogP contribution is -2.48. The first-order valence-electron chi connectivity index (χ1n) is 12.7. The number of alkyl halides is 3. The number of amides is 1. The first-order valence-corrected chi connectivity index (χ1v) is 14.0. The third-order valence-electron chi connectivity index (χ3n) is 7.66. The Morgan fingerprint density at radius 1 is 1.22 bits per heavy atom. The summed E-state index contributed by atoms with van der Waals surface area (Å²) in [6.07, 6.45) is 1.86. The highest BCUT2D eigenvalue weighted by molar-refractivity contribution is 7.85. The molecule has 5 rings (SSSR count). The van der Waals surface area contributed by atoms with Gasteiger partial charge in [0.25, 0.3) is 0 Å². The first kappa shape index (κ1) is 25.8. The fraction of sp³-hybridized carbons (Fsp3) is 0.577. The summed E-state index contributed by atoms with van der Waals surface area (Å²) in [7, 11) is -2.00.